The van der Waals surface area contributed by atoms with Gasteiger partial charge in [-0.15, -0.1) is 0 Å². The molecule has 0 bridgehead atoms. The molecule has 0 heterocycles. The highest BCUT2D eigenvalue weighted by atomic mass is 32.2. The van der Waals surface area contributed by atoms with Gasteiger partial charge in [-0.1, -0.05) is 13.8 Å². The molecule has 21 heavy (non-hydrogen) atoms. The quantitative estimate of drug-likeness (QED) is 0.837. The van der Waals surface area contributed by atoms with E-state index in [0.29, 0.717) is 17.5 Å². The molecule has 0 aromatic heterocycles. The Morgan fingerprint density at radius 2 is 2.05 bits per heavy atom. The number of anilines is 1. The lowest BCUT2D eigenvalue weighted by molar-refractivity contribution is 0.249. The Morgan fingerprint density at radius 3 is 2.67 bits per heavy atom. The minimum Gasteiger partial charge on any atom is -0.399 e. The first-order valence-corrected chi connectivity index (χ1v) is 8.63. The van der Waals surface area contributed by atoms with Crippen LogP contribution in [0.4, 0.5) is 5.69 Å². The Bertz CT molecular complexity index is 664. The van der Waals surface area contributed by atoms with Crippen molar-refractivity contribution in [1.82, 2.24) is 4.72 Å². The first-order valence-electron chi connectivity index (χ1n) is 7.15. The molecule has 3 atom stereocenters. The minimum atomic E-state index is -3.70. The number of nitrogen functional groups attached to an aromatic ring is 1. The maximum Gasteiger partial charge on any atom is 0.242 e. The summed E-state index contributed by atoms with van der Waals surface area (Å²) >= 11 is 0. The van der Waals surface area contributed by atoms with E-state index in [1.165, 1.54) is 18.2 Å². The molecule has 2 rings (SSSR count). The number of nitriles is 1. The van der Waals surface area contributed by atoms with Crippen LogP contribution in [0.5, 0.6) is 0 Å². The molecule has 1 fully saturated rings. The fourth-order valence-electron chi connectivity index (χ4n) is 2.97. The van der Waals surface area contributed by atoms with Crippen LogP contribution in [-0.2, 0) is 10.0 Å². The van der Waals surface area contributed by atoms with Crippen molar-refractivity contribution in [3.63, 3.8) is 0 Å². The second kappa shape index (κ2) is 6.04. The van der Waals surface area contributed by atoms with Crippen molar-refractivity contribution >= 4 is 15.7 Å². The van der Waals surface area contributed by atoms with Crippen LogP contribution < -0.4 is 10.5 Å². The third-order valence-electron chi connectivity index (χ3n) is 4.15. The molecule has 0 aliphatic heterocycles. The van der Waals surface area contributed by atoms with Gasteiger partial charge in [-0.3, -0.25) is 0 Å². The van der Waals surface area contributed by atoms with Crippen LogP contribution in [0.2, 0.25) is 0 Å². The lowest BCUT2D eigenvalue weighted by atomic mass is 9.80. The number of nitrogens with one attached hydrogen (secondary N) is 1. The summed E-state index contributed by atoms with van der Waals surface area (Å²) in [4.78, 5) is 0.00465. The molecular weight excluding hydrogens is 286 g/mol. The zero-order valence-electron chi connectivity index (χ0n) is 12.3. The van der Waals surface area contributed by atoms with Crippen molar-refractivity contribution in [2.24, 2.45) is 11.8 Å². The first-order chi connectivity index (χ1) is 9.83. The van der Waals surface area contributed by atoms with E-state index < -0.39 is 10.0 Å². The van der Waals surface area contributed by atoms with Gasteiger partial charge in [0.1, 0.15) is 6.07 Å². The Hall–Kier alpha value is -1.58. The molecule has 1 saturated carbocycles. The van der Waals surface area contributed by atoms with Crippen molar-refractivity contribution in [2.75, 3.05) is 5.73 Å². The molecule has 114 valence electrons. The van der Waals surface area contributed by atoms with Gasteiger partial charge < -0.3 is 5.73 Å². The third-order valence-corrected chi connectivity index (χ3v) is 5.70. The molecule has 0 spiro atoms. The summed E-state index contributed by atoms with van der Waals surface area (Å²) in [6, 6.07) is 6.11. The predicted octanol–water partition coefficient (Wildman–Crippen LogP) is 2.24. The molecular formula is C15H21N3O2S. The summed E-state index contributed by atoms with van der Waals surface area (Å²) in [5, 5.41) is 9.10. The highest BCUT2D eigenvalue weighted by Gasteiger charge is 2.30. The molecule has 5 nitrogen and oxygen atoms in total. The lowest BCUT2D eigenvalue weighted by Gasteiger charge is -2.32. The van der Waals surface area contributed by atoms with E-state index in [2.05, 4.69) is 18.6 Å². The van der Waals surface area contributed by atoms with Crippen LogP contribution in [-0.4, -0.2) is 14.5 Å². The Labute approximate surface area is 126 Å². The Balaban J connectivity index is 2.25. The van der Waals surface area contributed by atoms with Crippen LogP contribution >= 0.6 is 0 Å². The van der Waals surface area contributed by atoms with E-state index in [1.54, 1.807) is 0 Å². The molecule has 3 N–H and O–H groups in total. The zero-order valence-corrected chi connectivity index (χ0v) is 13.2. The zero-order chi connectivity index (χ0) is 15.6. The summed E-state index contributed by atoms with van der Waals surface area (Å²) in [7, 11) is -3.70. The molecule has 1 aliphatic carbocycles. The van der Waals surface area contributed by atoms with Crippen molar-refractivity contribution in [1.29, 1.82) is 5.26 Å². The molecule has 1 aliphatic rings. The van der Waals surface area contributed by atoms with E-state index in [1.807, 2.05) is 6.07 Å². The standard InChI is InChI=1S/C15H21N3O2S/c1-10-3-5-14(11(2)7-10)18-21(19,20)15-6-4-13(17)8-12(15)9-16/h4,6,8,10-11,14,18H,3,5,7,17H2,1-2H3. The largest absolute Gasteiger partial charge is 0.399 e. The third kappa shape index (κ3) is 3.55. The van der Waals surface area contributed by atoms with Gasteiger partial charge in [0, 0.05) is 11.7 Å². The second-order valence-corrected chi connectivity index (χ2v) is 7.67. The summed E-state index contributed by atoms with van der Waals surface area (Å²) in [5.74, 6) is 0.926. The average molecular weight is 307 g/mol. The smallest absolute Gasteiger partial charge is 0.242 e. The van der Waals surface area contributed by atoms with Crippen molar-refractivity contribution in [3.05, 3.63) is 23.8 Å². The number of nitrogens with zero attached hydrogens (tertiary/aromatic N) is 1. The number of hydrogen-bond acceptors (Lipinski definition) is 4. The van der Waals surface area contributed by atoms with E-state index >= 15 is 0 Å². The second-order valence-electron chi connectivity index (χ2n) is 5.99. The number of nitrogens with two attached hydrogens (primary N) is 1. The summed E-state index contributed by atoms with van der Waals surface area (Å²) < 4.78 is 27.8. The predicted molar refractivity (Wildman–Crippen MR) is 81.9 cm³/mol. The molecule has 6 heteroatoms. The molecule has 0 radical (unpaired) electrons. The molecule has 0 saturated heterocycles. The summed E-state index contributed by atoms with van der Waals surface area (Å²) in [6.45, 7) is 4.26. The Kier molecular flexibility index (Phi) is 4.55. The number of rotatable bonds is 3. The number of benzene rings is 1. The fraction of sp³-hybridized carbons (Fsp3) is 0.533. The summed E-state index contributed by atoms with van der Waals surface area (Å²) in [5.41, 5.74) is 6.06. The van der Waals surface area contributed by atoms with Gasteiger partial charge in [-0.05, 0) is 49.3 Å². The highest BCUT2D eigenvalue weighted by molar-refractivity contribution is 7.89. The monoisotopic (exact) mass is 307 g/mol. The highest BCUT2D eigenvalue weighted by Crippen LogP contribution is 2.30. The van der Waals surface area contributed by atoms with Crippen molar-refractivity contribution in [3.8, 4) is 6.07 Å². The van der Waals surface area contributed by atoms with Crippen LogP contribution in [0.15, 0.2) is 23.1 Å². The topological polar surface area (TPSA) is 96.0 Å². The average Bonchev–Trinajstić information content (AvgIpc) is 2.41. The van der Waals surface area contributed by atoms with Crippen LogP contribution in [0.1, 0.15) is 38.7 Å². The fourth-order valence-corrected chi connectivity index (χ4v) is 4.49. The van der Waals surface area contributed by atoms with Gasteiger partial charge >= 0.3 is 0 Å². The van der Waals surface area contributed by atoms with Crippen LogP contribution in [0, 0.1) is 23.2 Å². The van der Waals surface area contributed by atoms with Crippen molar-refractivity contribution < 1.29 is 8.42 Å². The number of hydrogen-bond donors (Lipinski definition) is 2. The normalized spacial score (nSPS) is 26.2. The molecule has 0 amide bonds. The molecule has 3 unspecified atom stereocenters. The summed E-state index contributed by atoms with van der Waals surface area (Å²) in [6.07, 6.45) is 2.86. The van der Waals surface area contributed by atoms with E-state index in [0.717, 1.165) is 19.3 Å². The van der Waals surface area contributed by atoms with Crippen molar-refractivity contribution in [2.45, 2.75) is 44.0 Å². The maximum absolute atomic E-state index is 12.5. The van der Waals surface area contributed by atoms with Crippen LogP contribution in [0.25, 0.3) is 0 Å². The van der Waals surface area contributed by atoms with Gasteiger partial charge in [-0.2, -0.15) is 5.26 Å². The van der Waals surface area contributed by atoms with Crippen LogP contribution in [0.3, 0.4) is 0 Å². The Morgan fingerprint density at radius 1 is 1.33 bits per heavy atom. The van der Waals surface area contributed by atoms with E-state index in [4.69, 9.17) is 11.0 Å². The number of sulfonamides is 1. The van der Waals surface area contributed by atoms with Gasteiger partial charge in [0.25, 0.3) is 0 Å². The van der Waals surface area contributed by atoms with E-state index in [-0.39, 0.29) is 16.5 Å². The van der Waals surface area contributed by atoms with Gasteiger partial charge in [0.05, 0.1) is 10.5 Å². The maximum atomic E-state index is 12.5. The first kappa shape index (κ1) is 15.8. The molecule has 1 aromatic rings. The lowest BCUT2D eigenvalue weighted by Crippen LogP contribution is -2.42. The minimum absolute atomic E-state index is 0.00465. The van der Waals surface area contributed by atoms with Gasteiger partial charge in [0.2, 0.25) is 10.0 Å². The van der Waals surface area contributed by atoms with Gasteiger partial charge in [-0.25, -0.2) is 13.1 Å². The SMILES string of the molecule is CC1CCC(NS(=O)(=O)c2ccc(N)cc2C#N)C(C)C1. The van der Waals surface area contributed by atoms with E-state index in [9.17, 15) is 8.42 Å². The molecule has 1 aromatic carbocycles. The van der Waals surface area contributed by atoms with Gasteiger partial charge in [0.15, 0.2) is 0 Å².